The third kappa shape index (κ3) is 5.59. The average molecular weight is 504 g/mol. The van der Waals surface area contributed by atoms with Gasteiger partial charge in [0.15, 0.2) is 11.8 Å². The molecular formula is C19H33IN6O2. The molecular weight excluding hydrogens is 471 g/mol. The molecule has 1 aromatic rings. The first-order valence-electron chi connectivity index (χ1n) is 10.0. The molecule has 1 saturated heterocycles. The second kappa shape index (κ2) is 11.0. The molecule has 1 atom stereocenters. The predicted molar refractivity (Wildman–Crippen MR) is 123 cm³/mol. The topological polar surface area (TPSA) is 86.0 Å². The highest BCUT2D eigenvalue weighted by molar-refractivity contribution is 14.0. The zero-order valence-electron chi connectivity index (χ0n) is 16.9. The van der Waals surface area contributed by atoms with Crippen molar-refractivity contribution in [2.24, 2.45) is 18.0 Å². The summed E-state index contributed by atoms with van der Waals surface area (Å²) in [7, 11) is 3.52. The van der Waals surface area contributed by atoms with Crippen LogP contribution in [0.4, 0.5) is 5.82 Å². The van der Waals surface area contributed by atoms with Crippen molar-refractivity contribution in [1.82, 2.24) is 19.8 Å². The highest BCUT2D eigenvalue weighted by Gasteiger charge is 2.25. The summed E-state index contributed by atoms with van der Waals surface area (Å²) < 4.78 is 1.56. The number of anilines is 1. The van der Waals surface area contributed by atoms with Gasteiger partial charge in [0.25, 0.3) is 5.56 Å². The van der Waals surface area contributed by atoms with E-state index in [-0.39, 0.29) is 35.6 Å². The van der Waals surface area contributed by atoms with Gasteiger partial charge in [-0.05, 0) is 18.8 Å². The van der Waals surface area contributed by atoms with Crippen LogP contribution in [0.25, 0.3) is 0 Å². The molecule has 0 spiro atoms. The fourth-order valence-electron chi connectivity index (χ4n) is 4.05. The molecule has 28 heavy (non-hydrogen) atoms. The minimum atomic E-state index is -0.320. The van der Waals surface area contributed by atoms with Crippen LogP contribution in [-0.4, -0.2) is 71.4 Å². The lowest BCUT2D eigenvalue weighted by Gasteiger charge is -2.37. The molecule has 1 aliphatic carbocycles. The fraction of sp³-hybridized carbons (Fsp3) is 0.737. The van der Waals surface area contributed by atoms with Crippen LogP contribution in [-0.2, 0) is 7.05 Å². The minimum absolute atomic E-state index is 0. The lowest BCUT2D eigenvalue weighted by Crippen LogP contribution is -2.54. The first kappa shape index (κ1) is 22.9. The minimum Gasteiger partial charge on any atom is -0.391 e. The molecule has 2 heterocycles. The van der Waals surface area contributed by atoms with Crippen LogP contribution < -0.4 is 15.8 Å². The molecule has 1 aromatic heterocycles. The molecule has 8 nitrogen and oxygen atoms in total. The van der Waals surface area contributed by atoms with Gasteiger partial charge in [0.2, 0.25) is 0 Å². The summed E-state index contributed by atoms with van der Waals surface area (Å²) in [5.74, 6) is 1.73. The summed E-state index contributed by atoms with van der Waals surface area (Å²) in [4.78, 5) is 25.1. The van der Waals surface area contributed by atoms with E-state index in [1.165, 1.54) is 19.3 Å². The highest BCUT2D eigenvalue weighted by atomic mass is 127. The molecule has 0 bridgehead atoms. The fourth-order valence-corrected chi connectivity index (χ4v) is 4.05. The second-order valence-corrected chi connectivity index (χ2v) is 7.53. The number of aliphatic hydroxyl groups excluding tert-OH is 1. The van der Waals surface area contributed by atoms with E-state index in [2.05, 4.69) is 20.2 Å². The molecule has 9 heteroatoms. The van der Waals surface area contributed by atoms with Crippen molar-refractivity contribution in [2.75, 3.05) is 44.7 Å². The van der Waals surface area contributed by atoms with Crippen LogP contribution in [0.2, 0.25) is 0 Å². The van der Waals surface area contributed by atoms with Crippen molar-refractivity contribution in [2.45, 2.75) is 38.2 Å². The van der Waals surface area contributed by atoms with E-state index >= 15 is 0 Å². The molecule has 2 fully saturated rings. The van der Waals surface area contributed by atoms with Crippen molar-refractivity contribution >= 4 is 35.8 Å². The second-order valence-electron chi connectivity index (χ2n) is 7.53. The maximum atomic E-state index is 12.2. The van der Waals surface area contributed by atoms with Crippen molar-refractivity contribution in [3.8, 4) is 0 Å². The first-order chi connectivity index (χ1) is 13.1. The number of guanidine groups is 1. The smallest absolute Gasteiger partial charge is 0.293 e. The molecule has 158 valence electrons. The van der Waals surface area contributed by atoms with E-state index in [0.717, 1.165) is 45.0 Å². The predicted octanol–water partition coefficient (Wildman–Crippen LogP) is 1.04. The number of piperazine rings is 1. The quantitative estimate of drug-likeness (QED) is 0.362. The Morgan fingerprint density at radius 1 is 1.29 bits per heavy atom. The number of hydrogen-bond donors (Lipinski definition) is 2. The molecule has 0 aromatic carbocycles. The summed E-state index contributed by atoms with van der Waals surface area (Å²) in [5.41, 5.74) is -0.0657. The Labute approximate surface area is 184 Å². The summed E-state index contributed by atoms with van der Waals surface area (Å²) in [6.07, 6.45) is 9.01. The summed E-state index contributed by atoms with van der Waals surface area (Å²) in [6, 6.07) is 0. The number of halogens is 1. The third-order valence-electron chi connectivity index (χ3n) is 5.75. The van der Waals surface area contributed by atoms with Gasteiger partial charge in [0.1, 0.15) is 0 Å². The average Bonchev–Trinajstić information content (AvgIpc) is 2.71. The Bertz CT molecular complexity index is 696. The van der Waals surface area contributed by atoms with Gasteiger partial charge in [-0.3, -0.25) is 9.79 Å². The Hall–Kier alpha value is -1.36. The van der Waals surface area contributed by atoms with Crippen molar-refractivity contribution in [3.63, 3.8) is 0 Å². The van der Waals surface area contributed by atoms with E-state index in [9.17, 15) is 9.90 Å². The van der Waals surface area contributed by atoms with E-state index < -0.39 is 0 Å². The van der Waals surface area contributed by atoms with Crippen molar-refractivity contribution < 1.29 is 5.11 Å². The SMILES string of the molecule is CN=C(NCC(O)C1CCCCC1)N1CCN(c2nccn(C)c2=O)CC1.I. The van der Waals surface area contributed by atoms with Crippen LogP contribution in [0, 0.1) is 5.92 Å². The first-order valence-corrected chi connectivity index (χ1v) is 10.0. The van der Waals surface area contributed by atoms with Crippen molar-refractivity contribution in [1.29, 1.82) is 0 Å². The molecule has 2 aliphatic rings. The van der Waals surface area contributed by atoms with Gasteiger partial charge in [0.05, 0.1) is 6.10 Å². The van der Waals surface area contributed by atoms with Crippen LogP contribution in [0.1, 0.15) is 32.1 Å². The molecule has 1 unspecified atom stereocenters. The van der Waals surface area contributed by atoms with Gasteiger partial charge < -0.3 is 24.8 Å². The zero-order valence-corrected chi connectivity index (χ0v) is 19.2. The Morgan fingerprint density at radius 3 is 2.61 bits per heavy atom. The van der Waals surface area contributed by atoms with Gasteiger partial charge in [-0.15, -0.1) is 24.0 Å². The number of aliphatic hydroxyl groups is 1. The summed E-state index contributed by atoms with van der Waals surface area (Å²) in [5, 5.41) is 13.8. The number of hydrogen-bond acceptors (Lipinski definition) is 5. The Balaban J connectivity index is 0.00000280. The lowest BCUT2D eigenvalue weighted by molar-refractivity contribution is 0.0873. The summed E-state index contributed by atoms with van der Waals surface area (Å²) >= 11 is 0. The van der Waals surface area contributed by atoms with Crippen LogP contribution in [0.3, 0.4) is 0 Å². The van der Waals surface area contributed by atoms with Gasteiger partial charge >= 0.3 is 0 Å². The molecule has 1 saturated carbocycles. The van der Waals surface area contributed by atoms with E-state index in [0.29, 0.717) is 18.3 Å². The maximum absolute atomic E-state index is 12.2. The van der Waals surface area contributed by atoms with Crippen molar-refractivity contribution in [3.05, 3.63) is 22.7 Å². The molecule has 2 N–H and O–H groups in total. The monoisotopic (exact) mass is 504 g/mol. The van der Waals surface area contributed by atoms with Crippen LogP contribution >= 0.6 is 24.0 Å². The molecule has 1 aliphatic heterocycles. The van der Waals surface area contributed by atoms with Crippen LogP contribution in [0.15, 0.2) is 22.2 Å². The molecule has 0 radical (unpaired) electrons. The van der Waals surface area contributed by atoms with Gasteiger partial charge in [-0.2, -0.15) is 0 Å². The van der Waals surface area contributed by atoms with E-state index in [4.69, 9.17) is 0 Å². The number of nitrogens with one attached hydrogen (secondary N) is 1. The maximum Gasteiger partial charge on any atom is 0.293 e. The van der Waals surface area contributed by atoms with Gasteiger partial charge in [-0.25, -0.2) is 4.98 Å². The lowest BCUT2D eigenvalue weighted by atomic mass is 9.85. The zero-order chi connectivity index (χ0) is 19.2. The number of nitrogens with zero attached hydrogens (tertiary/aromatic N) is 5. The Kier molecular flexibility index (Phi) is 9.00. The molecule has 3 rings (SSSR count). The van der Waals surface area contributed by atoms with Crippen LogP contribution in [0.5, 0.6) is 0 Å². The Morgan fingerprint density at radius 2 is 1.96 bits per heavy atom. The van der Waals surface area contributed by atoms with E-state index in [1.54, 1.807) is 31.1 Å². The number of aromatic nitrogens is 2. The van der Waals surface area contributed by atoms with Gasteiger partial charge in [0, 0.05) is 59.2 Å². The highest BCUT2D eigenvalue weighted by Crippen LogP contribution is 2.26. The number of aryl methyl sites for hydroxylation is 1. The molecule has 0 amide bonds. The number of aliphatic imine (C=N–C) groups is 1. The van der Waals surface area contributed by atoms with Gasteiger partial charge in [-0.1, -0.05) is 19.3 Å². The number of rotatable bonds is 4. The summed E-state index contributed by atoms with van der Waals surface area (Å²) in [6.45, 7) is 3.51. The standard InChI is InChI=1S/C19H32N6O2.HI/c1-20-19(22-14-16(26)15-6-4-3-5-7-15)25-12-10-24(11-13-25)17-18(27)23(2)9-8-21-17;/h8-9,15-16,26H,3-7,10-14H2,1-2H3,(H,20,22);1H. The third-order valence-corrected chi connectivity index (χ3v) is 5.75. The largest absolute Gasteiger partial charge is 0.391 e. The van der Waals surface area contributed by atoms with E-state index in [1.807, 2.05) is 4.90 Å². The normalized spacial score (nSPS) is 19.9.